The highest BCUT2D eigenvalue weighted by Crippen LogP contribution is 2.39. The number of amides is 1. The molecule has 1 unspecified atom stereocenters. The van der Waals surface area contributed by atoms with Crippen LogP contribution in [0.3, 0.4) is 0 Å². The van der Waals surface area contributed by atoms with Crippen LogP contribution in [0.25, 0.3) is 22.0 Å². The van der Waals surface area contributed by atoms with Crippen molar-refractivity contribution >= 4 is 28.4 Å². The Bertz CT molecular complexity index is 1810. The number of pyridine rings is 1. The first-order valence-electron chi connectivity index (χ1n) is 13.7. The molecule has 0 saturated carbocycles. The van der Waals surface area contributed by atoms with Crippen molar-refractivity contribution < 1.29 is 9.90 Å². The second-order valence-corrected chi connectivity index (χ2v) is 11.2. The number of aliphatic hydroxyl groups is 1. The summed E-state index contributed by atoms with van der Waals surface area (Å²) < 4.78 is 3.36. The first-order chi connectivity index (χ1) is 20.1. The highest BCUT2D eigenvalue weighted by molar-refractivity contribution is 6.30. The Hall–Kier alpha value is -4.24. The maximum Gasteiger partial charge on any atom is 0.251 e. The van der Waals surface area contributed by atoms with E-state index >= 15 is 0 Å². The average molecular weight is 584 g/mol. The van der Waals surface area contributed by atoms with E-state index in [1.807, 2.05) is 57.5 Å². The van der Waals surface area contributed by atoms with E-state index in [9.17, 15) is 14.7 Å². The molecule has 1 atom stereocenters. The smallest absolute Gasteiger partial charge is 0.251 e. The maximum absolute atomic E-state index is 12.9. The van der Waals surface area contributed by atoms with Crippen LogP contribution in [-0.4, -0.2) is 57.2 Å². The zero-order valence-corrected chi connectivity index (χ0v) is 24.9. The van der Waals surface area contributed by atoms with Crippen LogP contribution in [0.4, 0.5) is 0 Å². The zero-order chi connectivity index (χ0) is 30.0. The SMILES string of the molecule is CN(C)CCCNC(=O)c1ccc(C(O)(c2ccc3c(c2)c(-c2cccc(Cl)c2)cc(=O)n3C)c2cncn2C)cc1. The van der Waals surface area contributed by atoms with E-state index in [2.05, 4.69) is 15.2 Å². The van der Waals surface area contributed by atoms with Gasteiger partial charge < -0.3 is 24.5 Å². The molecular weight excluding hydrogens is 550 g/mol. The number of rotatable bonds is 9. The Labute approximate surface area is 249 Å². The van der Waals surface area contributed by atoms with Crippen LogP contribution in [0.2, 0.25) is 5.02 Å². The largest absolute Gasteiger partial charge is 0.374 e. The fraction of sp³-hybridized carbons (Fsp3) is 0.242. The van der Waals surface area contributed by atoms with E-state index in [0.29, 0.717) is 39.5 Å². The minimum absolute atomic E-state index is 0.150. The van der Waals surface area contributed by atoms with Crippen LogP contribution in [-0.2, 0) is 19.7 Å². The predicted molar refractivity (Wildman–Crippen MR) is 167 cm³/mol. The van der Waals surface area contributed by atoms with Crippen molar-refractivity contribution in [3.05, 3.63) is 123 Å². The molecule has 0 saturated heterocycles. The Morgan fingerprint density at radius 3 is 2.43 bits per heavy atom. The number of hydrogen-bond acceptors (Lipinski definition) is 5. The summed E-state index contributed by atoms with van der Waals surface area (Å²) in [4.78, 5) is 32.0. The highest BCUT2D eigenvalue weighted by Gasteiger charge is 2.37. The van der Waals surface area contributed by atoms with Gasteiger partial charge in [0.1, 0.15) is 0 Å². The normalized spacial score (nSPS) is 12.9. The van der Waals surface area contributed by atoms with Crippen molar-refractivity contribution in [3.63, 3.8) is 0 Å². The molecule has 0 aliphatic carbocycles. The number of benzene rings is 3. The molecule has 9 heteroatoms. The summed E-state index contributed by atoms with van der Waals surface area (Å²) in [6.45, 7) is 1.46. The first-order valence-corrected chi connectivity index (χ1v) is 14.1. The van der Waals surface area contributed by atoms with E-state index in [0.717, 1.165) is 29.4 Å². The van der Waals surface area contributed by atoms with E-state index in [-0.39, 0.29) is 11.5 Å². The Kier molecular flexibility index (Phi) is 8.31. The van der Waals surface area contributed by atoms with Gasteiger partial charge in [-0.25, -0.2) is 4.98 Å². The van der Waals surface area contributed by atoms with E-state index in [4.69, 9.17) is 11.6 Å². The van der Waals surface area contributed by atoms with Gasteiger partial charge in [0, 0.05) is 42.7 Å². The minimum Gasteiger partial charge on any atom is -0.374 e. The number of imidazole rings is 1. The molecule has 8 nitrogen and oxygen atoms in total. The molecule has 42 heavy (non-hydrogen) atoms. The van der Waals surface area contributed by atoms with Gasteiger partial charge in [0.2, 0.25) is 0 Å². The molecular formula is C33H34ClN5O3. The average Bonchev–Trinajstić information content (AvgIpc) is 3.42. The van der Waals surface area contributed by atoms with Crippen LogP contribution in [0.5, 0.6) is 0 Å². The van der Waals surface area contributed by atoms with Crippen molar-refractivity contribution in [2.75, 3.05) is 27.2 Å². The number of nitrogens with one attached hydrogen (secondary N) is 1. The Balaban J connectivity index is 1.61. The summed E-state index contributed by atoms with van der Waals surface area (Å²) in [6, 6.07) is 21.5. The van der Waals surface area contributed by atoms with Crippen LogP contribution >= 0.6 is 11.6 Å². The third-order valence-electron chi connectivity index (χ3n) is 7.62. The molecule has 5 aromatic rings. The first kappa shape index (κ1) is 29.3. The fourth-order valence-electron chi connectivity index (χ4n) is 5.31. The zero-order valence-electron chi connectivity index (χ0n) is 24.1. The lowest BCUT2D eigenvalue weighted by Crippen LogP contribution is -2.32. The van der Waals surface area contributed by atoms with Crippen molar-refractivity contribution in [2.24, 2.45) is 14.1 Å². The molecule has 0 bridgehead atoms. The van der Waals surface area contributed by atoms with Crippen molar-refractivity contribution in [1.29, 1.82) is 0 Å². The second kappa shape index (κ2) is 11.9. The lowest BCUT2D eigenvalue weighted by atomic mass is 9.82. The van der Waals surface area contributed by atoms with Crippen molar-refractivity contribution in [2.45, 2.75) is 12.0 Å². The molecule has 216 valence electrons. The van der Waals surface area contributed by atoms with Crippen molar-refractivity contribution in [1.82, 2.24) is 24.3 Å². The van der Waals surface area contributed by atoms with Gasteiger partial charge in [-0.2, -0.15) is 0 Å². The molecule has 2 heterocycles. The summed E-state index contributed by atoms with van der Waals surface area (Å²) in [5, 5.41) is 16.9. The topological polar surface area (TPSA) is 92.4 Å². The molecule has 0 radical (unpaired) electrons. The highest BCUT2D eigenvalue weighted by atomic mass is 35.5. The molecule has 0 fully saturated rings. The second-order valence-electron chi connectivity index (χ2n) is 10.8. The molecule has 0 aliphatic rings. The molecule has 2 aromatic heterocycles. The number of nitrogens with zero attached hydrogens (tertiary/aromatic N) is 4. The van der Waals surface area contributed by atoms with Gasteiger partial charge in [-0.1, -0.05) is 41.9 Å². The number of hydrogen-bond donors (Lipinski definition) is 2. The number of aryl methyl sites for hydroxylation is 2. The van der Waals surface area contributed by atoms with E-state index in [1.165, 1.54) is 0 Å². The number of aromatic nitrogens is 3. The van der Waals surface area contributed by atoms with Crippen LogP contribution in [0.1, 0.15) is 33.6 Å². The van der Waals surface area contributed by atoms with Crippen LogP contribution in [0.15, 0.2) is 90.1 Å². The third kappa shape index (κ3) is 5.61. The van der Waals surface area contributed by atoms with Gasteiger partial charge in [-0.05, 0) is 85.7 Å². The Morgan fingerprint density at radius 2 is 1.76 bits per heavy atom. The minimum atomic E-state index is -1.61. The van der Waals surface area contributed by atoms with Crippen molar-refractivity contribution in [3.8, 4) is 11.1 Å². The standard InChI is InChI=1S/C33H34ClN5O3/c1-37(2)16-6-15-36-32(41)22-9-11-24(12-10-22)33(42,30-20-35-21-38(30)3)25-13-14-29-28(18-25)27(19-31(40)39(29)4)23-7-5-8-26(34)17-23/h5,7-14,17-21,42H,6,15-16H2,1-4H3,(H,36,41). The van der Waals surface area contributed by atoms with Crippen LogP contribution < -0.4 is 10.9 Å². The third-order valence-corrected chi connectivity index (χ3v) is 7.85. The lowest BCUT2D eigenvalue weighted by molar-refractivity contribution is 0.0951. The summed E-state index contributed by atoms with van der Waals surface area (Å²) >= 11 is 6.31. The fourth-order valence-corrected chi connectivity index (χ4v) is 5.50. The van der Waals surface area contributed by atoms with Gasteiger partial charge in [0.05, 0.1) is 23.7 Å². The summed E-state index contributed by atoms with van der Waals surface area (Å²) in [5.41, 5.74) is 2.69. The molecule has 3 aromatic carbocycles. The monoisotopic (exact) mass is 583 g/mol. The van der Waals surface area contributed by atoms with Gasteiger partial charge in [0.15, 0.2) is 5.60 Å². The predicted octanol–water partition coefficient (Wildman–Crippen LogP) is 4.56. The summed E-state index contributed by atoms with van der Waals surface area (Å²) in [7, 11) is 7.55. The van der Waals surface area contributed by atoms with Gasteiger partial charge in [0.25, 0.3) is 11.5 Å². The van der Waals surface area contributed by atoms with E-state index < -0.39 is 5.60 Å². The molecule has 5 rings (SSSR count). The molecule has 0 spiro atoms. The van der Waals surface area contributed by atoms with Gasteiger partial charge >= 0.3 is 0 Å². The Morgan fingerprint density at radius 1 is 1.02 bits per heavy atom. The number of halogens is 1. The number of fused-ring (bicyclic) bond motifs is 1. The number of carbonyl (C=O) groups is 1. The van der Waals surface area contributed by atoms with E-state index in [1.54, 1.807) is 65.1 Å². The molecule has 1 amide bonds. The van der Waals surface area contributed by atoms with Gasteiger partial charge in [-0.3, -0.25) is 9.59 Å². The van der Waals surface area contributed by atoms with Gasteiger partial charge in [-0.15, -0.1) is 0 Å². The summed E-state index contributed by atoms with van der Waals surface area (Å²) in [6.07, 6.45) is 4.12. The number of carbonyl (C=O) groups excluding carboxylic acids is 1. The molecule has 0 aliphatic heterocycles. The quantitative estimate of drug-likeness (QED) is 0.248. The summed E-state index contributed by atoms with van der Waals surface area (Å²) in [5.74, 6) is -0.165. The van der Waals surface area contributed by atoms with Crippen LogP contribution in [0, 0.1) is 0 Å². The maximum atomic E-state index is 12.9. The molecule has 2 N–H and O–H groups in total. The lowest BCUT2D eigenvalue weighted by Gasteiger charge is -2.30.